The topological polar surface area (TPSA) is 80.3 Å². The molecule has 3 heterocycles. The fourth-order valence-corrected chi connectivity index (χ4v) is 1.89. The van der Waals surface area contributed by atoms with Crippen LogP contribution < -0.4 is 10.6 Å². The molecular weight excluding hydrogens is 256 g/mol. The Balaban J connectivity index is 1.85. The largest absolute Gasteiger partial charge is 0.369 e. The number of anilines is 2. The molecule has 0 unspecified atom stereocenters. The average molecular weight is 272 g/mol. The van der Waals surface area contributed by atoms with Gasteiger partial charge in [-0.3, -0.25) is 0 Å². The SMILES string of the molecule is CCCNc1cn2ccnc2c(NCc2ccon2)n1. The molecule has 7 nitrogen and oxygen atoms in total. The number of nitrogens with zero attached hydrogens (tertiary/aromatic N) is 4. The van der Waals surface area contributed by atoms with Crippen molar-refractivity contribution in [2.24, 2.45) is 0 Å². The molecule has 0 aliphatic heterocycles. The molecule has 0 radical (unpaired) electrons. The van der Waals surface area contributed by atoms with E-state index in [0.717, 1.165) is 35.9 Å². The lowest BCUT2D eigenvalue weighted by Crippen LogP contribution is -2.08. The summed E-state index contributed by atoms with van der Waals surface area (Å²) in [5, 5.41) is 10.4. The first-order chi connectivity index (χ1) is 9.86. The Morgan fingerprint density at radius 1 is 1.35 bits per heavy atom. The fourth-order valence-electron chi connectivity index (χ4n) is 1.89. The zero-order valence-electron chi connectivity index (χ0n) is 11.2. The molecule has 3 aromatic heterocycles. The Morgan fingerprint density at radius 3 is 3.10 bits per heavy atom. The Bertz CT molecular complexity index is 675. The molecule has 3 rings (SSSR count). The van der Waals surface area contributed by atoms with Gasteiger partial charge in [0.1, 0.15) is 17.8 Å². The number of aromatic nitrogens is 4. The van der Waals surface area contributed by atoms with Crippen LogP contribution in [-0.2, 0) is 6.54 Å². The summed E-state index contributed by atoms with van der Waals surface area (Å²) in [7, 11) is 0. The maximum Gasteiger partial charge on any atom is 0.180 e. The Kier molecular flexibility index (Phi) is 3.49. The van der Waals surface area contributed by atoms with Crippen LogP contribution in [0, 0.1) is 0 Å². The van der Waals surface area contributed by atoms with Gasteiger partial charge in [0.25, 0.3) is 0 Å². The second-order valence-electron chi connectivity index (χ2n) is 4.40. The number of rotatable bonds is 6. The molecule has 0 amide bonds. The molecule has 0 spiro atoms. The summed E-state index contributed by atoms with van der Waals surface area (Å²) < 4.78 is 6.75. The number of hydrogen-bond donors (Lipinski definition) is 2. The van der Waals surface area contributed by atoms with Crippen LogP contribution in [-0.4, -0.2) is 26.1 Å². The summed E-state index contributed by atoms with van der Waals surface area (Å²) in [4.78, 5) is 8.85. The average Bonchev–Trinajstić information content (AvgIpc) is 3.13. The molecule has 0 saturated carbocycles. The van der Waals surface area contributed by atoms with Crippen LogP contribution in [0.5, 0.6) is 0 Å². The summed E-state index contributed by atoms with van der Waals surface area (Å²) >= 11 is 0. The minimum atomic E-state index is 0.545. The molecule has 0 aliphatic rings. The monoisotopic (exact) mass is 272 g/mol. The molecule has 0 aliphatic carbocycles. The predicted octanol–water partition coefficient (Wildman–Crippen LogP) is 2.15. The molecule has 0 fully saturated rings. The summed E-state index contributed by atoms with van der Waals surface area (Å²) in [6.45, 7) is 3.55. The maximum absolute atomic E-state index is 4.81. The van der Waals surface area contributed by atoms with Crippen LogP contribution in [0.4, 0.5) is 11.6 Å². The minimum absolute atomic E-state index is 0.545. The first kappa shape index (κ1) is 12.5. The molecule has 0 atom stereocenters. The van der Waals surface area contributed by atoms with E-state index in [9.17, 15) is 0 Å². The summed E-state index contributed by atoms with van der Waals surface area (Å²) in [5.74, 6) is 1.54. The van der Waals surface area contributed by atoms with Gasteiger partial charge in [0, 0.05) is 25.0 Å². The summed E-state index contributed by atoms with van der Waals surface area (Å²) in [6.07, 6.45) is 8.18. The molecule has 3 aromatic rings. The molecule has 104 valence electrons. The fraction of sp³-hybridized carbons (Fsp3) is 0.308. The van der Waals surface area contributed by atoms with E-state index in [-0.39, 0.29) is 0 Å². The van der Waals surface area contributed by atoms with Gasteiger partial charge in [0.2, 0.25) is 0 Å². The Labute approximate surface area is 116 Å². The zero-order valence-corrected chi connectivity index (χ0v) is 11.2. The van der Waals surface area contributed by atoms with Crippen LogP contribution in [0.15, 0.2) is 35.4 Å². The van der Waals surface area contributed by atoms with Gasteiger partial charge in [0.05, 0.1) is 12.7 Å². The molecule has 0 bridgehead atoms. The third kappa shape index (κ3) is 2.56. The van der Waals surface area contributed by atoms with Crippen LogP contribution in [0.1, 0.15) is 19.0 Å². The van der Waals surface area contributed by atoms with Gasteiger partial charge < -0.3 is 19.6 Å². The zero-order chi connectivity index (χ0) is 13.8. The molecular formula is C13H16N6O. The van der Waals surface area contributed by atoms with Gasteiger partial charge in [-0.2, -0.15) is 0 Å². The van der Waals surface area contributed by atoms with Gasteiger partial charge in [-0.15, -0.1) is 0 Å². The Morgan fingerprint density at radius 2 is 2.30 bits per heavy atom. The van der Waals surface area contributed by atoms with Gasteiger partial charge >= 0.3 is 0 Å². The van der Waals surface area contributed by atoms with E-state index < -0.39 is 0 Å². The van der Waals surface area contributed by atoms with Crippen LogP contribution in [0.3, 0.4) is 0 Å². The lowest BCUT2D eigenvalue weighted by Gasteiger charge is -2.09. The first-order valence-electron chi connectivity index (χ1n) is 6.57. The molecule has 2 N–H and O–H groups in total. The third-order valence-electron chi connectivity index (χ3n) is 2.86. The van der Waals surface area contributed by atoms with E-state index in [1.165, 1.54) is 0 Å². The molecule has 0 saturated heterocycles. The number of imidazole rings is 1. The number of hydrogen-bond acceptors (Lipinski definition) is 6. The van der Waals surface area contributed by atoms with Crippen LogP contribution >= 0.6 is 0 Å². The molecule has 0 aromatic carbocycles. The second kappa shape index (κ2) is 5.60. The van der Waals surface area contributed by atoms with E-state index in [2.05, 4.69) is 32.7 Å². The standard InChI is InChI=1S/C13H16N6O/c1-2-4-14-11-9-19-6-5-15-13(19)12(17-11)16-8-10-3-7-20-18-10/h3,5-7,9,14H,2,4,8H2,1H3,(H,16,17). The van der Waals surface area contributed by atoms with Crippen molar-refractivity contribution in [3.8, 4) is 0 Å². The highest BCUT2D eigenvalue weighted by Gasteiger charge is 2.07. The van der Waals surface area contributed by atoms with Crippen molar-refractivity contribution in [1.82, 2.24) is 19.5 Å². The second-order valence-corrected chi connectivity index (χ2v) is 4.40. The highest BCUT2D eigenvalue weighted by Crippen LogP contribution is 2.17. The minimum Gasteiger partial charge on any atom is -0.369 e. The van der Waals surface area contributed by atoms with Crippen molar-refractivity contribution in [1.29, 1.82) is 0 Å². The van der Waals surface area contributed by atoms with Gasteiger partial charge in [0.15, 0.2) is 11.5 Å². The number of nitrogens with one attached hydrogen (secondary N) is 2. The number of fused-ring (bicyclic) bond motifs is 1. The van der Waals surface area contributed by atoms with Crippen LogP contribution in [0.2, 0.25) is 0 Å². The van der Waals surface area contributed by atoms with E-state index in [0.29, 0.717) is 6.54 Å². The third-order valence-corrected chi connectivity index (χ3v) is 2.86. The van der Waals surface area contributed by atoms with Crippen molar-refractivity contribution in [2.75, 3.05) is 17.2 Å². The van der Waals surface area contributed by atoms with E-state index in [1.807, 2.05) is 22.9 Å². The Hall–Kier alpha value is -2.57. The highest BCUT2D eigenvalue weighted by molar-refractivity contribution is 5.65. The normalized spacial score (nSPS) is 10.8. The predicted molar refractivity (Wildman–Crippen MR) is 75.6 cm³/mol. The van der Waals surface area contributed by atoms with Crippen molar-refractivity contribution in [3.05, 3.63) is 36.6 Å². The quantitative estimate of drug-likeness (QED) is 0.715. The van der Waals surface area contributed by atoms with Crippen molar-refractivity contribution >= 4 is 17.3 Å². The van der Waals surface area contributed by atoms with Crippen molar-refractivity contribution in [2.45, 2.75) is 19.9 Å². The van der Waals surface area contributed by atoms with E-state index in [1.54, 1.807) is 12.5 Å². The summed E-state index contributed by atoms with van der Waals surface area (Å²) in [6, 6.07) is 1.81. The smallest absolute Gasteiger partial charge is 0.180 e. The van der Waals surface area contributed by atoms with Crippen molar-refractivity contribution in [3.63, 3.8) is 0 Å². The van der Waals surface area contributed by atoms with Gasteiger partial charge in [-0.05, 0) is 6.42 Å². The van der Waals surface area contributed by atoms with E-state index in [4.69, 9.17) is 4.52 Å². The molecule has 7 heteroatoms. The summed E-state index contributed by atoms with van der Waals surface area (Å²) in [5.41, 5.74) is 1.61. The van der Waals surface area contributed by atoms with Crippen molar-refractivity contribution < 1.29 is 4.52 Å². The lowest BCUT2D eigenvalue weighted by molar-refractivity contribution is 0.412. The van der Waals surface area contributed by atoms with E-state index >= 15 is 0 Å². The maximum atomic E-state index is 4.81. The van der Waals surface area contributed by atoms with Gasteiger partial charge in [-0.1, -0.05) is 12.1 Å². The first-order valence-corrected chi connectivity index (χ1v) is 6.57. The van der Waals surface area contributed by atoms with Gasteiger partial charge in [-0.25, -0.2) is 9.97 Å². The molecule has 20 heavy (non-hydrogen) atoms. The highest BCUT2D eigenvalue weighted by atomic mass is 16.5. The van der Waals surface area contributed by atoms with Crippen LogP contribution in [0.25, 0.3) is 5.65 Å². The lowest BCUT2D eigenvalue weighted by atomic mass is 10.4.